The fraction of sp³-hybridized carbons (Fsp3) is 0.364. The topological polar surface area (TPSA) is 35.3 Å². The van der Waals surface area contributed by atoms with E-state index >= 15 is 0 Å². The van der Waals surface area contributed by atoms with Crippen molar-refractivity contribution in [2.24, 2.45) is 0 Å². The van der Waals surface area contributed by atoms with Gasteiger partial charge in [-0.3, -0.25) is 0 Å². The van der Waals surface area contributed by atoms with Crippen molar-refractivity contribution < 1.29 is 9.15 Å². The van der Waals surface area contributed by atoms with Crippen molar-refractivity contribution in [3.8, 4) is 5.75 Å². The Kier molecular flexibility index (Phi) is 1.99. The van der Waals surface area contributed by atoms with Crippen LogP contribution in [0.3, 0.4) is 0 Å². The Balaban J connectivity index is 2.15. The molecule has 0 atom stereocenters. The predicted molar refractivity (Wildman–Crippen MR) is 60.1 cm³/mol. The lowest BCUT2D eigenvalue weighted by molar-refractivity contribution is 0.306. The second kappa shape index (κ2) is 3.23. The first kappa shape index (κ1) is 9.21. The van der Waals surface area contributed by atoms with Gasteiger partial charge in [0.15, 0.2) is 17.0 Å². The molecule has 3 nitrogen and oxygen atoms in total. The van der Waals surface area contributed by atoms with E-state index in [-0.39, 0.29) is 0 Å². The van der Waals surface area contributed by atoms with Gasteiger partial charge in [0, 0.05) is 11.4 Å². The molecule has 0 N–H and O–H groups in total. The molecule has 0 bridgehead atoms. The SMILES string of the molecule is Cc1nc2c(OC3CC3)cc(Br)cc2o1. The van der Waals surface area contributed by atoms with Gasteiger partial charge in [-0.25, -0.2) is 4.98 Å². The molecule has 1 heterocycles. The lowest BCUT2D eigenvalue weighted by Gasteiger charge is -2.04. The highest BCUT2D eigenvalue weighted by atomic mass is 79.9. The van der Waals surface area contributed by atoms with Crippen molar-refractivity contribution in [2.75, 3.05) is 0 Å². The number of aromatic nitrogens is 1. The molecule has 1 aliphatic rings. The highest BCUT2D eigenvalue weighted by Gasteiger charge is 2.25. The number of benzene rings is 1. The minimum absolute atomic E-state index is 0.375. The number of nitrogens with zero attached hydrogens (tertiary/aromatic N) is 1. The number of fused-ring (bicyclic) bond motifs is 1. The highest BCUT2D eigenvalue weighted by Crippen LogP contribution is 2.34. The monoisotopic (exact) mass is 267 g/mol. The van der Waals surface area contributed by atoms with Crippen molar-refractivity contribution in [3.05, 3.63) is 22.5 Å². The van der Waals surface area contributed by atoms with Gasteiger partial charge < -0.3 is 9.15 Å². The second-order valence-electron chi connectivity index (χ2n) is 3.80. The summed E-state index contributed by atoms with van der Waals surface area (Å²) >= 11 is 3.44. The van der Waals surface area contributed by atoms with Crippen LogP contribution in [-0.2, 0) is 0 Å². The summed E-state index contributed by atoms with van der Waals surface area (Å²) in [5.74, 6) is 1.49. The second-order valence-corrected chi connectivity index (χ2v) is 4.72. The van der Waals surface area contributed by atoms with E-state index in [1.54, 1.807) is 0 Å². The minimum Gasteiger partial charge on any atom is -0.488 e. The number of hydrogen-bond acceptors (Lipinski definition) is 3. The Morgan fingerprint density at radius 3 is 3.00 bits per heavy atom. The quantitative estimate of drug-likeness (QED) is 0.836. The Bertz CT molecular complexity index is 517. The fourth-order valence-corrected chi connectivity index (χ4v) is 1.95. The van der Waals surface area contributed by atoms with E-state index < -0.39 is 0 Å². The molecule has 1 saturated carbocycles. The van der Waals surface area contributed by atoms with Crippen LogP contribution < -0.4 is 4.74 Å². The number of aryl methyl sites for hydroxylation is 1. The molecule has 0 amide bonds. The van der Waals surface area contributed by atoms with Crippen molar-refractivity contribution >= 4 is 27.0 Å². The van der Waals surface area contributed by atoms with E-state index in [9.17, 15) is 0 Å². The zero-order valence-corrected chi connectivity index (χ0v) is 9.87. The zero-order chi connectivity index (χ0) is 10.4. The van der Waals surface area contributed by atoms with Crippen molar-refractivity contribution in [3.63, 3.8) is 0 Å². The van der Waals surface area contributed by atoms with Crippen molar-refractivity contribution in [1.29, 1.82) is 0 Å². The van der Waals surface area contributed by atoms with Crippen LogP contribution >= 0.6 is 15.9 Å². The molecule has 0 aliphatic heterocycles. The normalized spacial score (nSPS) is 15.9. The maximum absolute atomic E-state index is 5.78. The van der Waals surface area contributed by atoms with E-state index in [2.05, 4.69) is 20.9 Å². The molecule has 0 spiro atoms. The van der Waals surface area contributed by atoms with E-state index in [0.717, 1.165) is 34.2 Å². The van der Waals surface area contributed by atoms with Crippen LogP contribution in [0.2, 0.25) is 0 Å². The zero-order valence-electron chi connectivity index (χ0n) is 8.29. The van der Waals surface area contributed by atoms with Gasteiger partial charge in [0.25, 0.3) is 0 Å². The van der Waals surface area contributed by atoms with Gasteiger partial charge in [0.1, 0.15) is 5.75 Å². The molecule has 0 radical (unpaired) electrons. The molecule has 0 saturated heterocycles. The molecule has 0 unspecified atom stereocenters. The third-order valence-electron chi connectivity index (χ3n) is 2.35. The lowest BCUT2D eigenvalue weighted by Crippen LogP contribution is -1.96. The maximum atomic E-state index is 5.78. The average Bonchev–Trinajstić information content (AvgIpc) is 2.87. The van der Waals surface area contributed by atoms with Gasteiger partial charge in [-0.15, -0.1) is 0 Å². The van der Waals surface area contributed by atoms with E-state index in [1.807, 2.05) is 19.1 Å². The standard InChI is InChI=1S/C11H10BrNO2/c1-6-13-11-9(14-6)4-7(12)5-10(11)15-8-2-3-8/h4-5,8H,2-3H2,1H3. The number of halogens is 1. The van der Waals surface area contributed by atoms with Gasteiger partial charge in [-0.1, -0.05) is 15.9 Å². The summed E-state index contributed by atoms with van der Waals surface area (Å²) in [6.07, 6.45) is 2.66. The molecule has 3 rings (SSSR count). The van der Waals surface area contributed by atoms with Crippen LogP contribution in [-0.4, -0.2) is 11.1 Å². The summed E-state index contributed by atoms with van der Waals surface area (Å²) in [5, 5.41) is 0. The first-order valence-electron chi connectivity index (χ1n) is 4.96. The van der Waals surface area contributed by atoms with Gasteiger partial charge in [0.2, 0.25) is 0 Å². The molecule has 78 valence electrons. The van der Waals surface area contributed by atoms with E-state index in [0.29, 0.717) is 12.0 Å². The number of rotatable bonds is 2. The fourth-order valence-electron chi connectivity index (χ4n) is 1.53. The number of ether oxygens (including phenoxy) is 1. The molecular formula is C11H10BrNO2. The molecule has 1 fully saturated rings. The van der Waals surface area contributed by atoms with Crippen molar-refractivity contribution in [1.82, 2.24) is 4.98 Å². The van der Waals surface area contributed by atoms with Crippen LogP contribution in [0.15, 0.2) is 21.0 Å². The molecule has 1 aromatic carbocycles. The summed E-state index contributed by atoms with van der Waals surface area (Å²) in [6, 6.07) is 3.86. The Morgan fingerprint density at radius 1 is 1.47 bits per heavy atom. The molecule has 2 aromatic rings. The van der Waals surface area contributed by atoms with Crippen LogP contribution in [0.4, 0.5) is 0 Å². The maximum Gasteiger partial charge on any atom is 0.192 e. The third kappa shape index (κ3) is 1.74. The van der Waals surface area contributed by atoms with E-state index in [4.69, 9.17) is 9.15 Å². The minimum atomic E-state index is 0.375. The van der Waals surface area contributed by atoms with Gasteiger partial charge in [-0.2, -0.15) is 0 Å². The summed E-state index contributed by atoms with van der Waals surface area (Å²) in [7, 11) is 0. The van der Waals surface area contributed by atoms with Crippen LogP contribution in [0.1, 0.15) is 18.7 Å². The molecule has 4 heteroatoms. The molecular weight excluding hydrogens is 258 g/mol. The number of hydrogen-bond donors (Lipinski definition) is 0. The summed E-state index contributed by atoms with van der Waals surface area (Å²) < 4.78 is 12.2. The molecule has 15 heavy (non-hydrogen) atoms. The average molecular weight is 268 g/mol. The summed E-state index contributed by atoms with van der Waals surface area (Å²) in [5.41, 5.74) is 1.60. The first-order valence-corrected chi connectivity index (χ1v) is 5.75. The molecule has 1 aliphatic carbocycles. The van der Waals surface area contributed by atoms with Crippen LogP contribution in [0, 0.1) is 6.92 Å². The Labute approximate surface area is 95.6 Å². The Hall–Kier alpha value is -1.03. The summed E-state index contributed by atoms with van der Waals surface area (Å²) in [6.45, 7) is 1.84. The Morgan fingerprint density at radius 2 is 2.27 bits per heavy atom. The lowest BCUT2D eigenvalue weighted by atomic mass is 10.3. The first-order chi connectivity index (χ1) is 7.22. The van der Waals surface area contributed by atoms with Gasteiger partial charge in [-0.05, 0) is 25.0 Å². The van der Waals surface area contributed by atoms with Crippen LogP contribution in [0.25, 0.3) is 11.1 Å². The van der Waals surface area contributed by atoms with Gasteiger partial charge >= 0.3 is 0 Å². The van der Waals surface area contributed by atoms with Crippen molar-refractivity contribution in [2.45, 2.75) is 25.9 Å². The smallest absolute Gasteiger partial charge is 0.192 e. The third-order valence-corrected chi connectivity index (χ3v) is 2.81. The van der Waals surface area contributed by atoms with Crippen LogP contribution in [0.5, 0.6) is 5.75 Å². The highest BCUT2D eigenvalue weighted by molar-refractivity contribution is 9.10. The van der Waals surface area contributed by atoms with E-state index in [1.165, 1.54) is 0 Å². The number of oxazole rings is 1. The summed E-state index contributed by atoms with van der Waals surface area (Å²) in [4.78, 5) is 4.32. The largest absolute Gasteiger partial charge is 0.488 e. The van der Waals surface area contributed by atoms with Gasteiger partial charge in [0.05, 0.1) is 6.10 Å². The molecule has 1 aromatic heterocycles. The predicted octanol–water partition coefficient (Wildman–Crippen LogP) is 3.44.